The van der Waals surface area contributed by atoms with E-state index in [1.807, 2.05) is 25.1 Å². The molecule has 0 aliphatic rings. The smallest absolute Gasteiger partial charge is 0.267 e. The van der Waals surface area contributed by atoms with Gasteiger partial charge in [0.25, 0.3) is 5.91 Å². The zero-order valence-corrected chi connectivity index (χ0v) is 11.8. The molecule has 0 aliphatic heterocycles. The summed E-state index contributed by atoms with van der Waals surface area (Å²) in [6.07, 6.45) is 1.98. The summed E-state index contributed by atoms with van der Waals surface area (Å²) in [4.78, 5) is 16.4. The molecule has 1 aromatic heterocycles. The molecule has 2 aromatic rings. The molecule has 2 rings (SSSR count). The number of nitrogens with zero attached hydrogens (tertiary/aromatic N) is 1. The van der Waals surface area contributed by atoms with Gasteiger partial charge in [-0.2, -0.15) is 0 Å². The lowest BCUT2D eigenvalue weighted by Gasteiger charge is -2.05. The molecule has 0 fully saturated rings. The molecule has 0 radical (unpaired) electrons. The number of carbonyl (C=O) groups excluding carboxylic acids is 1. The second-order valence-electron chi connectivity index (χ2n) is 4.12. The molecule has 0 saturated heterocycles. The van der Waals surface area contributed by atoms with Crippen LogP contribution in [0.2, 0.25) is 0 Å². The van der Waals surface area contributed by atoms with Crippen LogP contribution in [0.15, 0.2) is 29.9 Å². The minimum atomic E-state index is -0.175. The summed E-state index contributed by atoms with van der Waals surface area (Å²) in [7, 11) is 0. The second kappa shape index (κ2) is 6.85. The minimum absolute atomic E-state index is 0.0495. The summed E-state index contributed by atoms with van der Waals surface area (Å²) in [5.41, 5.74) is 4.20. The molecule has 1 aromatic carbocycles. The zero-order chi connectivity index (χ0) is 14.4. The highest BCUT2D eigenvalue weighted by Gasteiger charge is 2.08. The van der Waals surface area contributed by atoms with Crippen LogP contribution in [0.1, 0.15) is 27.2 Å². The lowest BCUT2D eigenvalue weighted by molar-refractivity contribution is 0.103. The fourth-order valence-corrected chi connectivity index (χ4v) is 2.08. The first-order chi connectivity index (χ1) is 9.70. The van der Waals surface area contributed by atoms with Crippen molar-refractivity contribution in [1.82, 2.24) is 4.98 Å². The number of aromatic nitrogens is 1. The number of aliphatic hydroxyl groups is 1. The highest BCUT2D eigenvalue weighted by atomic mass is 32.1. The van der Waals surface area contributed by atoms with Crippen molar-refractivity contribution in [1.29, 1.82) is 0 Å². The molecule has 1 heterocycles. The van der Waals surface area contributed by atoms with E-state index < -0.39 is 0 Å². The van der Waals surface area contributed by atoms with Gasteiger partial charge in [-0.05, 0) is 24.6 Å². The predicted octanol–water partition coefficient (Wildman–Crippen LogP) is 2.44. The SMILES string of the molecule is Cc1ccc(NC(=O)c2cncs2)cc1C#CCCO. The number of aryl methyl sites for hydroxylation is 1. The predicted molar refractivity (Wildman–Crippen MR) is 79.8 cm³/mol. The van der Waals surface area contributed by atoms with E-state index >= 15 is 0 Å². The van der Waals surface area contributed by atoms with Crippen LogP contribution in [0.5, 0.6) is 0 Å². The van der Waals surface area contributed by atoms with Gasteiger partial charge in [-0.1, -0.05) is 17.9 Å². The number of carbonyl (C=O) groups is 1. The number of hydrogen-bond acceptors (Lipinski definition) is 4. The van der Waals surface area contributed by atoms with Gasteiger partial charge in [0.05, 0.1) is 18.3 Å². The molecule has 0 bridgehead atoms. The van der Waals surface area contributed by atoms with Gasteiger partial charge in [-0.25, -0.2) is 0 Å². The van der Waals surface area contributed by atoms with Crippen molar-refractivity contribution >= 4 is 22.9 Å². The molecule has 4 nitrogen and oxygen atoms in total. The number of benzene rings is 1. The molecule has 20 heavy (non-hydrogen) atoms. The first-order valence-electron chi connectivity index (χ1n) is 6.11. The Morgan fingerprint density at radius 1 is 1.50 bits per heavy atom. The van der Waals surface area contributed by atoms with E-state index in [0.29, 0.717) is 17.0 Å². The van der Waals surface area contributed by atoms with Crippen LogP contribution in [0.3, 0.4) is 0 Å². The van der Waals surface area contributed by atoms with Crippen molar-refractivity contribution in [2.45, 2.75) is 13.3 Å². The third-order valence-electron chi connectivity index (χ3n) is 2.61. The van der Waals surface area contributed by atoms with Crippen LogP contribution in [0.25, 0.3) is 0 Å². The molecule has 0 spiro atoms. The standard InChI is InChI=1S/C15H14N2O2S/c1-11-5-6-13(8-12(11)4-2-3-7-18)17-15(19)14-9-16-10-20-14/h5-6,8-10,18H,3,7H2,1H3,(H,17,19). The average molecular weight is 286 g/mol. The normalized spacial score (nSPS) is 9.70. The molecule has 0 atom stereocenters. The molecular weight excluding hydrogens is 272 g/mol. The first-order valence-corrected chi connectivity index (χ1v) is 6.99. The molecule has 0 unspecified atom stereocenters. The quantitative estimate of drug-likeness (QED) is 0.852. The van der Waals surface area contributed by atoms with Crippen molar-refractivity contribution in [3.63, 3.8) is 0 Å². The second-order valence-corrected chi connectivity index (χ2v) is 5.01. The van der Waals surface area contributed by atoms with E-state index in [1.54, 1.807) is 5.51 Å². The molecule has 5 heteroatoms. The Kier molecular flexibility index (Phi) is 4.88. The van der Waals surface area contributed by atoms with Gasteiger partial charge in [0.2, 0.25) is 0 Å². The molecular formula is C15H14N2O2S. The Bertz CT molecular complexity index is 654. The van der Waals surface area contributed by atoms with Gasteiger partial charge in [-0.3, -0.25) is 9.78 Å². The lowest BCUT2D eigenvalue weighted by Crippen LogP contribution is -2.10. The first kappa shape index (κ1) is 14.3. The highest BCUT2D eigenvalue weighted by Crippen LogP contribution is 2.16. The third kappa shape index (κ3) is 3.67. The Hall–Kier alpha value is -2.16. The van der Waals surface area contributed by atoms with Crippen molar-refractivity contribution < 1.29 is 9.90 Å². The van der Waals surface area contributed by atoms with Crippen molar-refractivity contribution in [3.05, 3.63) is 45.9 Å². The van der Waals surface area contributed by atoms with Gasteiger partial charge in [0.1, 0.15) is 4.88 Å². The van der Waals surface area contributed by atoms with E-state index in [4.69, 9.17) is 5.11 Å². The largest absolute Gasteiger partial charge is 0.395 e. The van der Waals surface area contributed by atoms with Crippen LogP contribution in [-0.2, 0) is 0 Å². The van der Waals surface area contributed by atoms with Crippen LogP contribution in [0.4, 0.5) is 5.69 Å². The Morgan fingerprint density at radius 2 is 2.35 bits per heavy atom. The van der Waals surface area contributed by atoms with Gasteiger partial charge in [0.15, 0.2) is 0 Å². The maximum absolute atomic E-state index is 11.9. The van der Waals surface area contributed by atoms with E-state index in [-0.39, 0.29) is 12.5 Å². The molecule has 102 valence electrons. The Labute approximate surface area is 121 Å². The fourth-order valence-electron chi connectivity index (χ4n) is 1.57. The number of hydrogen-bond donors (Lipinski definition) is 2. The number of amides is 1. The van der Waals surface area contributed by atoms with Crippen LogP contribution < -0.4 is 5.32 Å². The summed E-state index contributed by atoms with van der Waals surface area (Å²) in [6.45, 7) is 2.01. The van der Waals surface area contributed by atoms with Crippen LogP contribution in [0, 0.1) is 18.8 Å². The van der Waals surface area contributed by atoms with E-state index in [0.717, 1.165) is 11.1 Å². The van der Waals surface area contributed by atoms with E-state index in [1.165, 1.54) is 17.5 Å². The molecule has 0 saturated carbocycles. The summed E-state index contributed by atoms with van der Waals surface area (Å²) in [5, 5.41) is 11.5. The molecule has 0 aliphatic carbocycles. The maximum atomic E-state index is 11.9. The Balaban J connectivity index is 2.15. The van der Waals surface area contributed by atoms with E-state index in [2.05, 4.69) is 22.1 Å². The summed E-state index contributed by atoms with van der Waals surface area (Å²) in [5.74, 6) is 5.70. The Morgan fingerprint density at radius 3 is 3.05 bits per heavy atom. The number of nitrogens with one attached hydrogen (secondary N) is 1. The topological polar surface area (TPSA) is 62.2 Å². The van der Waals surface area contributed by atoms with Crippen molar-refractivity contribution in [2.75, 3.05) is 11.9 Å². The maximum Gasteiger partial charge on any atom is 0.267 e. The van der Waals surface area contributed by atoms with Gasteiger partial charge >= 0.3 is 0 Å². The number of anilines is 1. The monoisotopic (exact) mass is 286 g/mol. The van der Waals surface area contributed by atoms with Gasteiger partial charge in [-0.15, -0.1) is 11.3 Å². The summed E-state index contributed by atoms with van der Waals surface area (Å²) >= 11 is 1.30. The van der Waals surface area contributed by atoms with Crippen LogP contribution in [-0.4, -0.2) is 22.6 Å². The number of rotatable bonds is 3. The average Bonchev–Trinajstić information content (AvgIpc) is 2.96. The van der Waals surface area contributed by atoms with Gasteiger partial charge in [0, 0.05) is 17.7 Å². The minimum Gasteiger partial charge on any atom is -0.395 e. The zero-order valence-electron chi connectivity index (χ0n) is 11.0. The number of thiazole rings is 1. The third-order valence-corrected chi connectivity index (χ3v) is 3.38. The van der Waals surface area contributed by atoms with Crippen molar-refractivity contribution in [2.24, 2.45) is 0 Å². The molecule has 1 amide bonds. The van der Waals surface area contributed by atoms with E-state index in [9.17, 15) is 4.79 Å². The number of aliphatic hydroxyl groups excluding tert-OH is 1. The summed E-state index contributed by atoms with van der Waals surface area (Å²) in [6, 6.07) is 5.58. The summed E-state index contributed by atoms with van der Waals surface area (Å²) < 4.78 is 0. The highest BCUT2D eigenvalue weighted by molar-refractivity contribution is 7.11. The lowest BCUT2D eigenvalue weighted by atomic mass is 10.1. The van der Waals surface area contributed by atoms with Crippen molar-refractivity contribution in [3.8, 4) is 11.8 Å². The fraction of sp³-hybridized carbons (Fsp3) is 0.200. The van der Waals surface area contributed by atoms with Crippen LogP contribution >= 0.6 is 11.3 Å². The molecule has 2 N–H and O–H groups in total. The van der Waals surface area contributed by atoms with Gasteiger partial charge < -0.3 is 10.4 Å².